The van der Waals surface area contributed by atoms with Crippen LogP contribution in [0.5, 0.6) is 0 Å². The number of nitrogens with one attached hydrogen (secondary N) is 1. The number of ether oxygens (including phenoxy) is 1. The molecule has 0 aromatic heterocycles. The van der Waals surface area contributed by atoms with E-state index in [2.05, 4.69) is 5.32 Å². The second-order valence-corrected chi connectivity index (χ2v) is 6.68. The van der Waals surface area contributed by atoms with Crippen LogP contribution in [0.1, 0.15) is 13.3 Å². The van der Waals surface area contributed by atoms with Crippen LogP contribution in [0, 0.1) is 5.82 Å². The molecule has 22 heavy (non-hydrogen) atoms. The Labute approximate surface area is 130 Å². The van der Waals surface area contributed by atoms with Gasteiger partial charge in [-0.15, -0.1) is 0 Å². The average Bonchev–Trinajstić information content (AvgIpc) is 2.44. The molecule has 1 atom stereocenters. The molecule has 0 saturated carbocycles. The molecule has 0 aliphatic rings. The van der Waals surface area contributed by atoms with Gasteiger partial charge in [0.2, 0.25) is 15.9 Å². The molecule has 0 saturated heterocycles. The Balaban J connectivity index is 2.94. The van der Waals surface area contributed by atoms with Crippen LogP contribution < -0.4 is 9.62 Å². The third kappa shape index (κ3) is 4.96. The molecule has 0 bridgehead atoms. The van der Waals surface area contributed by atoms with Gasteiger partial charge in [0, 0.05) is 20.3 Å². The van der Waals surface area contributed by atoms with Crippen LogP contribution >= 0.6 is 0 Å². The summed E-state index contributed by atoms with van der Waals surface area (Å²) in [6, 6.07) is 4.38. The number of para-hydroxylation sites is 1. The van der Waals surface area contributed by atoms with E-state index in [1.54, 1.807) is 7.11 Å². The Morgan fingerprint density at radius 3 is 2.59 bits per heavy atom. The number of halogens is 1. The topological polar surface area (TPSA) is 75.7 Å². The first-order chi connectivity index (χ1) is 10.3. The summed E-state index contributed by atoms with van der Waals surface area (Å²) in [5, 5.41) is 2.61. The summed E-state index contributed by atoms with van der Waals surface area (Å²) in [4.78, 5) is 12.1. The highest BCUT2D eigenvalue weighted by atomic mass is 32.2. The number of carbonyl (C=O) groups is 1. The van der Waals surface area contributed by atoms with Crippen molar-refractivity contribution in [2.24, 2.45) is 0 Å². The summed E-state index contributed by atoms with van der Waals surface area (Å²) in [5.74, 6) is -1.20. The van der Waals surface area contributed by atoms with Crippen LogP contribution in [0.4, 0.5) is 10.1 Å². The van der Waals surface area contributed by atoms with Crippen molar-refractivity contribution in [3.8, 4) is 0 Å². The number of benzene rings is 1. The molecule has 0 spiro atoms. The lowest BCUT2D eigenvalue weighted by atomic mass is 10.2. The van der Waals surface area contributed by atoms with E-state index in [1.807, 2.05) is 0 Å². The first-order valence-corrected chi connectivity index (χ1v) is 8.64. The van der Waals surface area contributed by atoms with Crippen molar-refractivity contribution in [1.82, 2.24) is 5.32 Å². The van der Waals surface area contributed by atoms with Gasteiger partial charge < -0.3 is 10.1 Å². The molecule has 0 aliphatic carbocycles. The first kappa shape index (κ1) is 18.4. The average molecular weight is 332 g/mol. The quantitative estimate of drug-likeness (QED) is 0.724. The van der Waals surface area contributed by atoms with Crippen molar-refractivity contribution in [1.29, 1.82) is 0 Å². The van der Waals surface area contributed by atoms with Crippen molar-refractivity contribution in [3.63, 3.8) is 0 Å². The number of sulfonamides is 1. The smallest absolute Gasteiger partial charge is 0.243 e. The lowest BCUT2D eigenvalue weighted by molar-refractivity contribution is -0.121. The van der Waals surface area contributed by atoms with Gasteiger partial charge in [-0.05, 0) is 25.5 Å². The van der Waals surface area contributed by atoms with E-state index in [-0.39, 0.29) is 5.69 Å². The Hall–Kier alpha value is -1.67. The molecule has 124 valence electrons. The van der Waals surface area contributed by atoms with E-state index in [4.69, 9.17) is 4.74 Å². The summed E-state index contributed by atoms with van der Waals surface area (Å²) in [6.45, 7) is 2.25. The Morgan fingerprint density at radius 2 is 2.05 bits per heavy atom. The largest absolute Gasteiger partial charge is 0.385 e. The molecule has 0 radical (unpaired) electrons. The minimum Gasteiger partial charge on any atom is -0.385 e. The maximum atomic E-state index is 13.9. The number of nitrogens with zero attached hydrogens (tertiary/aromatic N) is 1. The zero-order valence-electron chi connectivity index (χ0n) is 12.9. The van der Waals surface area contributed by atoms with Crippen LogP contribution in [0.3, 0.4) is 0 Å². The van der Waals surface area contributed by atoms with Crippen molar-refractivity contribution in [2.75, 3.05) is 30.8 Å². The maximum absolute atomic E-state index is 13.9. The number of hydrogen-bond acceptors (Lipinski definition) is 4. The molecular weight excluding hydrogens is 311 g/mol. The molecule has 6 nitrogen and oxygen atoms in total. The molecule has 1 unspecified atom stereocenters. The van der Waals surface area contributed by atoms with Crippen molar-refractivity contribution >= 4 is 21.6 Å². The standard InChI is InChI=1S/C14H21FN2O4S/c1-11(14(18)16-9-6-10-21-2)17(22(3,19)20)13-8-5-4-7-12(13)15/h4-5,7-8,11H,6,9-10H2,1-3H3,(H,16,18). The number of methoxy groups -OCH3 is 1. The van der Waals surface area contributed by atoms with Crippen molar-refractivity contribution in [2.45, 2.75) is 19.4 Å². The van der Waals surface area contributed by atoms with Crippen molar-refractivity contribution < 1.29 is 22.3 Å². The minimum atomic E-state index is -3.81. The van der Waals surface area contributed by atoms with Crippen molar-refractivity contribution in [3.05, 3.63) is 30.1 Å². The highest BCUT2D eigenvalue weighted by molar-refractivity contribution is 7.92. The molecule has 1 amide bonds. The molecule has 1 N–H and O–H groups in total. The van der Waals surface area contributed by atoms with Gasteiger partial charge >= 0.3 is 0 Å². The summed E-state index contributed by atoms with van der Waals surface area (Å²) in [7, 11) is -2.26. The highest BCUT2D eigenvalue weighted by Crippen LogP contribution is 2.23. The van der Waals surface area contributed by atoms with Gasteiger partial charge in [-0.1, -0.05) is 12.1 Å². The SMILES string of the molecule is COCCCNC(=O)C(C)N(c1ccccc1F)S(C)(=O)=O. The van der Waals surface area contributed by atoms with E-state index >= 15 is 0 Å². The number of carbonyl (C=O) groups excluding carboxylic acids is 1. The lowest BCUT2D eigenvalue weighted by Crippen LogP contribution is -2.48. The van der Waals surface area contributed by atoms with E-state index in [1.165, 1.54) is 25.1 Å². The van der Waals surface area contributed by atoms with Gasteiger partial charge in [-0.3, -0.25) is 9.10 Å². The normalized spacial score (nSPS) is 12.7. The zero-order valence-corrected chi connectivity index (χ0v) is 13.7. The minimum absolute atomic E-state index is 0.149. The van der Waals surface area contributed by atoms with Gasteiger partial charge in [0.1, 0.15) is 11.9 Å². The summed E-state index contributed by atoms with van der Waals surface area (Å²) in [5.41, 5.74) is -0.149. The van der Waals surface area contributed by atoms with Gasteiger partial charge in [0.25, 0.3) is 0 Å². The maximum Gasteiger partial charge on any atom is 0.243 e. The number of rotatable bonds is 8. The van der Waals surface area contributed by atoms with E-state index in [0.717, 1.165) is 16.6 Å². The van der Waals surface area contributed by atoms with Crippen LogP contribution in [-0.4, -0.2) is 46.9 Å². The first-order valence-electron chi connectivity index (χ1n) is 6.79. The lowest BCUT2D eigenvalue weighted by Gasteiger charge is -2.28. The van der Waals surface area contributed by atoms with Gasteiger partial charge in [-0.25, -0.2) is 12.8 Å². The molecule has 0 aliphatic heterocycles. The molecule has 0 heterocycles. The Bertz CT molecular complexity index is 607. The number of hydrogen-bond donors (Lipinski definition) is 1. The predicted octanol–water partition coefficient (Wildman–Crippen LogP) is 1.13. The third-order valence-electron chi connectivity index (χ3n) is 3.00. The Kier molecular flexibility index (Phi) is 6.76. The van der Waals surface area contributed by atoms with E-state index in [9.17, 15) is 17.6 Å². The van der Waals surface area contributed by atoms with Gasteiger partial charge in [0.05, 0.1) is 11.9 Å². The van der Waals surface area contributed by atoms with Crippen LogP contribution in [0.2, 0.25) is 0 Å². The van der Waals surface area contributed by atoms with Crippen LogP contribution in [-0.2, 0) is 19.6 Å². The third-order valence-corrected chi connectivity index (χ3v) is 4.23. The summed E-state index contributed by atoms with van der Waals surface area (Å²) >= 11 is 0. The number of anilines is 1. The second kappa shape index (κ2) is 8.09. The monoisotopic (exact) mass is 332 g/mol. The van der Waals surface area contributed by atoms with E-state index < -0.39 is 27.8 Å². The molecule has 8 heteroatoms. The van der Waals surface area contributed by atoms with Crippen LogP contribution in [0.15, 0.2) is 24.3 Å². The summed E-state index contributed by atoms with van der Waals surface area (Å²) < 4.78 is 43.5. The van der Waals surface area contributed by atoms with Crippen LogP contribution in [0.25, 0.3) is 0 Å². The molecule has 1 rings (SSSR count). The van der Waals surface area contributed by atoms with E-state index in [0.29, 0.717) is 19.6 Å². The van der Waals surface area contributed by atoms with Gasteiger partial charge in [0.15, 0.2) is 0 Å². The highest BCUT2D eigenvalue weighted by Gasteiger charge is 2.30. The Morgan fingerprint density at radius 1 is 1.41 bits per heavy atom. The second-order valence-electron chi connectivity index (χ2n) is 4.82. The molecule has 1 aromatic carbocycles. The molecule has 1 aromatic rings. The fourth-order valence-corrected chi connectivity index (χ4v) is 3.16. The summed E-state index contributed by atoms with van der Waals surface area (Å²) in [6.07, 6.45) is 1.54. The fourth-order valence-electron chi connectivity index (χ4n) is 1.99. The fraction of sp³-hybridized carbons (Fsp3) is 0.500. The number of amides is 1. The zero-order chi connectivity index (χ0) is 16.8. The van der Waals surface area contributed by atoms with Gasteiger partial charge in [-0.2, -0.15) is 0 Å². The predicted molar refractivity (Wildman–Crippen MR) is 82.7 cm³/mol. The molecular formula is C14H21FN2O4S. The molecule has 0 fully saturated rings.